The van der Waals surface area contributed by atoms with Crippen LogP contribution >= 0.6 is 0 Å². The van der Waals surface area contributed by atoms with Gasteiger partial charge in [0.05, 0.1) is 5.54 Å². The number of likely N-dealkylation sites (tertiary alicyclic amines) is 1. The van der Waals surface area contributed by atoms with Crippen LogP contribution in [0.15, 0.2) is 0 Å². The van der Waals surface area contributed by atoms with E-state index in [1.807, 2.05) is 0 Å². The molecule has 1 unspecified atom stereocenters. The molecule has 19 heavy (non-hydrogen) atoms. The van der Waals surface area contributed by atoms with Crippen LogP contribution in [0.1, 0.15) is 65.7 Å². The minimum Gasteiger partial charge on any atom is -0.341 e. The lowest BCUT2D eigenvalue weighted by Crippen LogP contribution is -2.54. The fourth-order valence-electron chi connectivity index (χ4n) is 3.97. The third-order valence-electron chi connectivity index (χ3n) is 5.56. The molecule has 0 bridgehead atoms. The van der Waals surface area contributed by atoms with Crippen LogP contribution in [0.4, 0.5) is 0 Å². The van der Waals surface area contributed by atoms with E-state index in [9.17, 15) is 4.79 Å². The average Bonchev–Trinajstić information content (AvgIpc) is 3.06. The summed E-state index contributed by atoms with van der Waals surface area (Å²) in [7, 11) is 0. The Morgan fingerprint density at radius 1 is 1.21 bits per heavy atom. The van der Waals surface area contributed by atoms with Gasteiger partial charge in [0.25, 0.3) is 0 Å². The maximum Gasteiger partial charge on any atom is 0.242 e. The maximum absolute atomic E-state index is 12.9. The smallest absolute Gasteiger partial charge is 0.242 e. The van der Waals surface area contributed by atoms with Gasteiger partial charge in [-0.15, -0.1) is 0 Å². The number of rotatable bonds is 5. The van der Waals surface area contributed by atoms with Crippen molar-refractivity contribution in [1.29, 1.82) is 0 Å². The van der Waals surface area contributed by atoms with Gasteiger partial charge in [-0.3, -0.25) is 4.79 Å². The van der Waals surface area contributed by atoms with Crippen molar-refractivity contribution < 1.29 is 4.79 Å². The number of nitrogens with one attached hydrogen (secondary N) is 1. The second kappa shape index (κ2) is 5.82. The molecule has 1 N–H and O–H groups in total. The van der Waals surface area contributed by atoms with Crippen LogP contribution in [-0.4, -0.2) is 36.0 Å². The van der Waals surface area contributed by atoms with Gasteiger partial charge in [0.2, 0.25) is 5.91 Å². The molecule has 3 heteroatoms. The van der Waals surface area contributed by atoms with E-state index in [1.165, 1.54) is 19.3 Å². The average molecular weight is 266 g/mol. The third-order valence-corrected chi connectivity index (χ3v) is 5.56. The summed E-state index contributed by atoms with van der Waals surface area (Å²) in [4.78, 5) is 15.1. The van der Waals surface area contributed by atoms with E-state index in [-0.39, 0.29) is 5.54 Å². The van der Waals surface area contributed by atoms with Crippen molar-refractivity contribution in [3.8, 4) is 0 Å². The Bertz CT molecular complexity index is 317. The lowest BCUT2D eigenvalue weighted by Gasteiger charge is -2.34. The Labute approximate surface area is 118 Å². The summed E-state index contributed by atoms with van der Waals surface area (Å²) in [5.41, 5.74) is 0.161. The van der Waals surface area contributed by atoms with Crippen LogP contribution in [-0.2, 0) is 4.79 Å². The normalized spacial score (nSPS) is 29.9. The molecule has 1 atom stereocenters. The van der Waals surface area contributed by atoms with Crippen LogP contribution in [0, 0.1) is 5.41 Å². The van der Waals surface area contributed by atoms with Gasteiger partial charge in [-0.25, -0.2) is 0 Å². The number of carbonyl (C=O) groups excluding carboxylic acids is 1. The molecule has 0 saturated carbocycles. The quantitative estimate of drug-likeness (QED) is 0.830. The fraction of sp³-hybridized carbons (Fsp3) is 0.938. The van der Waals surface area contributed by atoms with Gasteiger partial charge in [-0.1, -0.05) is 27.2 Å². The molecule has 0 aromatic rings. The van der Waals surface area contributed by atoms with Crippen LogP contribution in [0.25, 0.3) is 0 Å². The second-order valence-corrected chi connectivity index (χ2v) is 6.55. The zero-order valence-corrected chi connectivity index (χ0v) is 12.9. The van der Waals surface area contributed by atoms with E-state index in [1.54, 1.807) is 0 Å². The summed E-state index contributed by atoms with van der Waals surface area (Å²) in [6.45, 7) is 9.67. The van der Waals surface area contributed by atoms with Crippen LogP contribution in [0.5, 0.6) is 0 Å². The van der Waals surface area contributed by atoms with Gasteiger partial charge in [-0.05, 0) is 50.5 Å². The minimum absolute atomic E-state index is 0.230. The summed E-state index contributed by atoms with van der Waals surface area (Å²) < 4.78 is 0. The Hall–Kier alpha value is -0.570. The highest BCUT2D eigenvalue weighted by Gasteiger charge is 2.46. The molecule has 2 saturated heterocycles. The second-order valence-electron chi connectivity index (χ2n) is 6.55. The van der Waals surface area contributed by atoms with Crippen molar-refractivity contribution in [2.24, 2.45) is 5.41 Å². The molecular weight excluding hydrogens is 236 g/mol. The number of carbonyl (C=O) groups is 1. The molecule has 0 aromatic carbocycles. The Balaban J connectivity index is 2.07. The highest BCUT2D eigenvalue weighted by molar-refractivity contribution is 5.87. The molecule has 2 aliphatic heterocycles. The zero-order valence-electron chi connectivity index (χ0n) is 12.9. The van der Waals surface area contributed by atoms with Crippen LogP contribution in [0.2, 0.25) is 0 Å². The Morgan fingerprint density at radius 3 is 2.42 bits per heavy atom. The zero-order chi connectivity index (χ0) is 13.9. The molecule has 0 aromatic heterocycles. The van der Waals surface area contributed by atoms with Crippen molar-refractivity contribution in [2.75, 3.05) is 19.6 Å². The van der Waals surface area contributed by atoms with E-state index in [0.29, 0.717) is 11.3 Å². The molecule has 0 radical (unpaired) electrons. The van der Waals surface area contributed by atoms with Crippen molar-refractivity contribution in [1.82, 2.24) is 10.2 Å². The summed E-state index contributed by atoms with van der Waals surface area (Å²) in [5, 5.41) is 3.52. The SMILES string of the molecule is CCCC1(C(=O)N2CCC(CC)(CC)C2)CCCN1. The molecule has 2 fully saturated rings. The van der Waals surface area contributed by atoms with Gasteiger partial charge in [-0.2, -0.15) is 0 Å². The van der Waals surface area contributed by atoms with E-state index in [0.717, 1.165) is 45.3 Å². The molecule has 2 rings (SSSR count). The largest absolute Gasteiger partial charge is 0.341 e. The Kier molecular flexibility index (Phi) is 4.54. The highest BCUT2D eigenvalue weighted by Crippen LogP contribution is 2.39. The minimum atomic E-state index is -0.230. The number of nitrogens with zero attached hydrogens (tertiary/aromatic N) is 1. The van der Waals surface area contributed by atoms with Crippen LogP contribution < -0.4 is 5.32 Å². The molecule has 110 valence electrons. The number of hydrogen-bond donors (Lipinski definition) is 1. The van der Waals surface area contributed by atoms with E-state index < -0.39 is 0 Å². The van der Waals surface area contributed by atoms with Gasteiger partial charge in [0.15, 0.2) is 0 Å². The van der Waals surface area contributed by atoms with Gasteiger partial charge >= 0.3 is 0 Å². The van der Waals surface area contributed by atoms with Crippen LogP contribution in [0.3, 0.4) is 0 Å². The molecule has 1 amide bonds. The van der Waals surface area contributed by atoms with Crippen molar-refractivity contribution in [3.63, 3.8) is 0 Å². The van der Waals surface area contributed by atoms with Crippen molar-refractivity contribution >= 4 is 5.91 Å². The lowest BCUT2D eigenvalue weighted by molar-refractivity contribution is -0.137. The Morgan fingerprint density at radius 2 is 1.95 bits per heavy atom. The predicted molar refractivity (Wildman–Crippen MR) is 79.1 cm³/mol. The summed E-state index contributed by atoms with van der Waals surface area (Å²) in [6, 6.07) is 0. The lowest BCUT2D eigenvalue weighted by atomic mass is 9.82. The molecule has 3 nitrogen and oxygen atoms in total. The first-order valence-electron chi connectivity index (χ1n) is 8.16. The molecule has 0 spiro atoms. The standard InChI is InChI=1S/C16H30N2O/c1-4-8-16(9-7-11-17-16)14(19)18-12-10-15(5-2,6-3)13-18/h17H,4-13H2,1-3H3. The summed E-state index contributed by atoms with van der Waals surface area (Å²) in [5.74, 6) is 0.385. The first-order chi connectivity index (χ1) is 9.11. The van der Waals surface area contributed by atoms with Gasteiger partial charge < -0.3 is 10.2 Å². The first kappa shape index (κ1) is 14.8. The maximum atomic E-state index is 12.9. The number of amides is 1. The molecular formula is C16H30N2O. The van der Waals surface area contributed by atoms with Gasteiger partial charge in [0.1, 0.15) is 0 Å². The fourth-order valence-corrected chi connectivity index (χ4v) is 3.97. The molecule has 0 aliphatic carbocycles. The van der Waals surface area contributed by atoms with Crippen molar-refractivity contribution in [2.45, 2.75) is 71.3 Å². The third kappa shape index (κ3) is 2.67. The van der Waals surface area contributed by atoms with Crippen molar-refractivity contribution in [3.05, 3.63) is 0 Å². The van der Waals surface area contributed by atoms with Gasteiger partial charge in [0, 0.05) is 13.1 Å². The van der Waals surface area contributed by atoms with E-state index >= 15 is 0 Å². The van der Waals surface area contributed by atoms with E-state index in [4.69, 9.17) is 0 Å². The number of hydrogen-bond acceptors (Lipinski definition) is 2. The molecule has 2 aliphatic rings. The molecule has 2 heterocycles. The summed E-state index contributed by atoms with van der Waals surface area (Å²) in [6.07, 6.45) is 7.83. The van der Waals surface area contributed by atoms with E-state index in [2.05, 4.69) is 31.0 Å². The summed E-state index contributed by atoms with van der Waals surface area (Å²) >= 11 is 0. The highest BCUT2D eigenvalue weighted by atomic mass is 16.2. The topological polar surface area (TPSA) is 32.3 Å². The first-order valence-corrected chi connectivity index (χ1v) is 8.16. The monoisotopic (exact) mass is 266 g/mol. The predicted octanol–water partition coefficient (Wildman–Crippen LogP) is 2.95.